The summed E-state index contributed by atoms with van der Waals surface area (Å²) in [6, 6.07) is 5.11. The van der Waals surface area contributed by atoms with Gasteiger partial charge < -0.3 is 10.4 Å². The maximum absolute atomic E-state index is 12.3. The second kappa shape index (κ2) is 5.97. The zero-order valence-electron chi connectivity index (χ0n) is 10.7. The van der Waals surface area contributed by atoms with Crippen molar-refractivity contribution in [3.05, 3.63) is 29.8 Å². The second-order valence-corrected chi connectivity index (χ2v) is 5.68. The Kier molecular flexibility index (Phi) is 4.46. The molecule has 0 bridgehead atoms. The van der Waals surface area contributed by atoms with Crippen molar-refractivity contribution >= 4 is 23.6 Å². The van der Waals surface area contributed by atoms with Gasteiger partial charge in [-0.2, -0.15) is 13.2 Å². The molecule has 2 N–H and O–H groups in total. The van der Waals surface area contributed by atoms with E-state index in [2.05, 4.69) is 0 Å². The number of fused-ring (bicyclic) bond motifs is 1. The molecule has 1 aromatic carbocycles. The van der Waals surface area contributed by atoms with E-state index in [1.165, 1.54) is 11.8 Å². The van der Waals surface area contributed by atoms with E-state index >= 15 is 0 Å². The molecule has 2 unspecified atom stereocenters. The Bertz CT molecular complexity index is 562. The summed E-state index contributed by atoms with van der Waals surface area (Å²) in [6.07, 6.45) is -6.24. The number of nitrogens with one attached hydrogen (secondary N) is 1. The number of halogens is 3. The van der Waals surface area contributed by atoms with Crippen LogP contribution in [0.5, 0.6) is 0 Å². The zero-order valence-corrected chi connectivity index (χ0v) is 11.5. The van der Waals surface area contributed by atoms with Crippen LogP contribution in [0, 0.1) is 0 Å². The minimum absolute atomic E-state index is 0.392. The number of aliphatic carboxylic acids is 1. The van der Waals surface area contributed by atoms with Gasteiger partial charge in [0, 0.05) is 10.6 Å². The van der Waals surface area contributed by atoms with E-state index in [0.717, 1.165) is 10.5 Å². The van der Waals surface area contributed by atoms with Gasteiger partial charge in [-0.15, -0.1) is 11.8 Å². The molecule has 0 saturated carbocycles. The average Bonchev–Trinajstić information content (AvgIpc) is 2.80. The molecule has 1 amide bonds. The quantitative estimate of drug-likeness (QED) is 0.894. The van der Waals surface area contributed by atoms with E-state index in [9.17, 15) is 22.8 Å². The molecule has 0 fully saturated rings. The number of hydrogen-bond donors (Lipinski definition) is 2. The highest BCUT2D eigenvalue weighted by Gasteiger charge is 2.38. The fraction of sp³-hybridized carbons (Fsp3) is 0.385. The Morgan fingerprint density at radius 2 is 2.05 bits per heavy atom. The molecule has 1 heterocycles. The topological polar surface area (TPSA) is 66.4 Å². The van der Waals surface area contributed by atoms with Crippen LogP contribution in [-0.2, 0) is 9.59 Å². The number of benzene rings is 1. The van der Waals surface area contributed by atoms with Crippen LogP contribution < -0.4 is 5.32 Å². The van der Waals surface area contributed by atoms with Crippen LogP contribution in [0.2, 0.25) is 0 Å². The van der Waals surface area contributed by atoms with Crippen molar-refractivity contribution in [2.24, 2.45) is 0 Å². The number of carbonyl (C=O) groups is 2. The molecule has 114 valence electrons. The van der Waals surface area contributed by atoms with Crippen LogP contribution in [0.15, 0.2) is 29.2 Å². The van der Waals surface area contributed by atoms with Crippen molar-refractivity contribution in [3.63, 3.8) is 0 Å². The third kappa shape index (κ3) is 3.90. The fourth-order valence-corrected chi connectivity index (χ4v) is 3.31. The predicted octanol–water partition coefficient (Wildman–Crippen LogP) is 2.40. The number of carbonyl (C=O) groups excluding carboxylic acids is 1. The summed E-state index contributed by atoms with van der Waals surface area (Å²) >= 11 is 1.42. The average molecular weight is 319 g/mol. The van der Waals surface area contributed by atoms with E-state index in [0.29, 0.717) is 5.75 Å². The first kappa shape index (κ1) is 15.7. The second-order valence-electron chi connectivity index (χ2n) is 4.62. The summed E-state index contributed by atoms with van der Waals surface area (Å²) in [6.45, 7) is 0. The summed E-state index contributed by atoms with van der Waals surface area (Å²) in [4.78, 5) is 23.8. The molecule has 0 spiro atoms. The lowest BCUT2D eigenvalue weighted by Crippen LogP contribution is -2.45. The van der Waals surface area contributed by atoms with E-state index in [-0.39, 0.29) is 0 Å². The number of carboxylic acid groups (broad SMARTS) is 1. The lowest BCUT2D eigenvalue weighted by molar-refractivity contribution is -0.160. The first-order valence-electron chi connectivity index (χ1n) is 6.09. The Labute approximate surface area is 122 Å². The summed E-state index contributed by atoms with van der Waals surface area (Å²) in [7, 11) is 0. The van der Waals surface area contributed by atoms with E-state index in [1.807, 2.05) is 11.4 Å². The Balaban J connectivity index is 2.09. The fourth-order valence-electron chi connectivity index (χ4n) is 2.08. The van der Waals surface area contributed by atoms with Crippen molar-refractivity contribution < 1.29 is 27.9 Å². The van der Waals surface area contributed by atoms with Gasteiger partial charge in [0.2, 0.25) is 5.91 Å². The van der Waals surface area contributed by atoms with Crippen molar-refractivity contribution in [1.82, 2.24) is 5.32 Å². The summed E-state index contributed by atoms with van der Waals surface area (Å²) < 4.78 is 36.9. The molecule has 21 heavy (non-hydrogen) atoms. The highest BCUT2D eigenvalue weighted by atomic mass is 32.2. The molecule has 0 radical (unpaired) electrons. The van der Waals surface area contributed by atoms with Gasteiger partial charge in [-0.05, 0) is 11.6 Å². The van der Waals surface area contributed by atoms with E-state index in [1.54, 1.807) is 18.2 Å². The Morgan fingerprint density at radius 3 is 2.67 bits per heavy atom. The van der Waals surface area contributed by atoms with Gasteiger partial charge in [-0.1, -0.05) is 18.2 Å². The van der Waals surface area contributed by atoms with Gasteiger partial charge in [0.15, 0.2) is 0 Å². The molecule has 8 heteroatoms. The highest BCUT2D eigenvalue weighted by molar-refractivity contribution is 7.99. The van der Waals surface area contributed by atoms with Gasteiger partial charge in [0.25, 0.3) is 0 Å². The largest absolute Gasteiger partial charge is 0.480 e. The Morgan fingerprint density at radius 1 is 1.38 bits per heavy atom. The van der Waals surface area contributed by atoms with Crippen LogP contribution in [0.25, 0.3) is 0 Å². The minimum Gasteiger partial charge on any atom is -0.480 e. The minimum atomic E-state index is -4.65. The van der Waals surface area contributed by atoms with Crippen LogP contribution in [-0.4, -0.2) is 35.0 Å². The van der Waals surface area contributed by atoms with Gasteiger partial charge in [0.1, 0.15) is 6.04 Å². The maximum Gasteiger partial charge on any atom is 0.391 e. The van der Waals surface area contributed by atoms with Crippen LogP contribution in [0.1, 0.15) is 17.9 Å². The number of carboxylic acids is 1. The molecule has 2 atom stereocenters. The number of hydrogen-bond acceptors (Lipinski definition) is 3. The van der Waals surface area contributed by atoms with Crippen molar-refractivity contribution in [2.75, 3.05) is 5.75 Å². The standard InChI is InChI=1S/C13H12F3NO3S/c14-13(15,16)5-9(12(19)20)17-11(18)8-6-21-10-4-2-1-3-7(8)10/h1-4,8-9H,5-6H2,(H,17,18)(H,19,20). The summed E-state index contributed by atoms with van der Waals surface area (Å²) in [5, 5.41) is 10.8. The number of rotatable bonds is 4. The normalized spacial score (nSPS) is 18.9. The number of amides is 1. The lowest BCUT2D eigenvalue weighted by atomic mass is 10.00. The van der Waals surface area contributed by atoms with Crippen LogP contribution >= 0.6 is 11.8 Å². The molecule has 1 aliphatic heterocycles. The number of alkyl halides is 3. The maximum atomic E-state index is 12.3. The van der Waals surface area contributed by atoms with Crippen molar-refractivity contribution in [1.29, 1.82) is 0 Å². The first-order valence-corrected chi connectivity index (χ1v) is 7.08. The first-order chi connectivity index (χ1) is 9.78. The van der Waals surface area contributed by atoms with E-state index in [4.69, 9.17) is 5.11 Å². The highest BCUT2D eigenvalue weighted by Crippen LogP contribution is 2.39. The third-order valence-corrected chi connectivity index (χ3v) is 4.25. The molecule has 4 nitrogen and oxygen atoms in total. The molecular weight excluding hydrogens is 307 g/mol. The predicted molar refractivity (Wildman–Crippen MR) is 70.1 cm³/mol. The molecular formula is C13H12F3NO3S. The number of thioether (sulfide) groups is 1. The SMILES string of the molecule is O=C(O)C(CC(F)(F)F)NC(=O)C1CSc2ccccc21. The molecule has 0 saturated heterocycles. The molecule has 1 aromatic rings. The van der Waals surface area contributed by atoms with Crippen molar-refractivity contribution in [2.45, 2.75) is 29.5 Å². The molecule has 0 aromatic heterocycles. The Hall–Kier alpha value is -1.70. The van der Waals surface area contributed by atoms with Crippen LogP contribution in [0.4, 0.5) is 13.2 Å². The zero-order chi connectivity index (χ0) is 15.6. The van der Waals surface area contributed by atoms with Gasteiger partial charge in [0.05, 0.1) is 12.3 Å². The van der Waals surface area contributed by atoms with Crippen LogP contribution in [0.3, 0.4) is 0 Å². The van der Waals surface area contributed by atoms with Crippen molar-refractivity contribution in [3.8, 4) is 0 Å². The summed E-state index contributed by atoms with van der Waals surface area (Å²) in [5.41, 5.74) is 0.719. The van der Waals surface area contributed by atoms with Gasteiger partial charge in [-0.25, -0.2) is 4.79 Å². The summed E-state index contributed by atoms with van der Waals surface area (Å²) in [5.74, 6) is -2.62. The molecule has 0 aliphatic carbocycles. The molecule has 1 aliphatic rings. The van der Waals surface area contributed by atoms with Gasteiger partial charge >= 0.3 is 12.1 Å². The molecule has 2 rings (SSSR count). The smallest absolute Gasteiger partial charge is 0.391 e. The monoisotopic (exact) mass is 319 g/mol. The van der Waals surface area contributed by atoms with E-state index < -0.39 is 36.4 Å². The third-order valence-electron chi connectivity index (χ3n) is 3.07. The van der Waals surface area contributed by atoms with Gasteiger partial charge in [-0.3, -0.25) is 4.79 Å². The lowest BCUT2D eigenvalue weighted by Gasteiger charge is -2.18.